The first-order valence-corrected chi connectivity index (χ1v) is 7.11. The van der Waals surface area contributed by atoms with Gasteiger partial charge in [0.25, 0.3) is 0 Å². The van der Waals surface area contributed by atoms with Crippen LogP contribution >= 0.6 is 11.6 Å². The van der Waals surface area contributed by atoms with E-state index in [1.54, 1.807) is 0 Å². The molecule has 6 nitrogen and oxygen atoms in total. The molecule has 1 aromatic carbocycles. The van der Waals surface area contributed by atoms with Crippen LogP contribution in [0.5, 0.6) is 0 Å². The van der Waals surface area contributed by atoms with Crippen LogP contribution in [0.15, 0.2) is 12.1 Å². The maximum absolute atomic E-state index is 14.5. The maximum Gasteiger partial charge on any atom is 0.412 e. The van der Waals surface area contributed by atoms with Crippen LogP contribution in [-0.2, 0) is 19.9 Å². The molecule has 2 heterocycles. The van der Waals surface area contributed by atoms with E-state index < -0.39 is 29.4 Å². The van der Waals surface area contributed by atoms with Gasteiger partial charge in [-0.2, -0.15) is 0 Å². The number of methoxy groups -OCH3 is 1. The van der Waals surface area contributed by atoms with Gasteiger partial charge in [-0.3, -0.25) is 10.1 Å². The third-order valence-electron chi connectivity index (χ3n) is 3.99. The molecule has 3 rings (SSSR count). The Kier molecular flexibility index (Phi) is 3.70. The molecule has 1 aromatic rings. The Morgan fingerprint density at radius 3 is 3.05 bits per heavy atom. The quantitative estimate of drug-likeness (QED) is 0.771. The summed E-state index contributed by atoms with van der Waals surface area (Å²) in [6, 6.07) is 2.88. The van der Waals surface area contributed by atoms with Gasteiger partial charge in [-0.25, -0.2) is 9.18 Å². The molecule has 0 aromatic heterocycles. The van der Waals surface area contributed by atoms with Gasteiger partial charge in [-0.1, -0.05) is 11.6 Å². The average molecular weight is 329 g/mol. The molecule has 118 valence electrons. The smallest absolute Gasteiger partial charge is 0.412 e. The number of ether oxygens (including phenoxy) is 2. The van der Waals surface area contributed by atoms with E-state index in [0.29, 0.717) is 12.2 Å². The third-order valence-corrected chi connectivity index (χ3v) is 4.28. The molecular formula is C14H14ClFN2O4. The Morgan fingerprint density at radius 1 is 1.55 bits per heavy atom. The summed E-state index contributed by atoms with van der Waals surface area (Å²) in [5, 5.41) is 5.39. The number of carbonyl (C=O) groups excluding carboxylic acids is 2. The van der Waals surface area contributed by atoms with Gasteiger partial charge in [0.05, 0.1) is 29.3 Å². The molecule has 8 heteroatoms. The van der Waals surface area contributed by atoms with Crippen molar-refractivity contribution >= 4 is 29.4 Å². The molecule has 2 aliphatic heterocycles. The van der Waals surface area contributed by atoms with E-state index in [-0.39, 0.29) is 23.6 Å². The van der Waals surface area contributed by atoms with Crippen molar-refractivity contribution in [3.63, 3.8) is 0 Å². The molecule has 0 radical (unpaired) electrons. The maximum atomic E-state index is 14.5. The van der Waals surface area contributed by atoms with Crippen molar-refractivity contribution < 1.29 is 23.5 Å². The summed E-state index contributed by atoms with van der Waals surface area (Å²) in [6.45, 7) is 0.565. The summed E-state index contributed by atoms with van der Waals surface area (Å²) in [7, 11) is 1.28. The van der Waals surface area contributed by atoms with Crippen molar-refractivity contribution in [3.05, 3.63) is 28.5 Å². The largest absolute Gasteiger partial charge is 0.469 e. The molecule has 1 spiro atoms. The molecule has 2 N–H and O–H groups in total. The van der Waals surface area contributed by atoms with E-state index in [2.05, 4.69) is 10.6 Å². The van der Waals surface area contributed by atoms with Gasteiger partial charge >= 0.3 is 12.1 Å². The first kappa shape index (κ1) is 15.1. The van der Waals surface area contributed by atoms with Gasteiger partial charge in [-0.15, -0.1) is 0 Å². The van der Waals surface area contributed by atoms with Crippen molar-refractivity contribution in [2.24, 2.45) is 5.92 Å². The van der Waals surface area contributed by atoms with Crippen molar-refractivity contribution in [1.82, 2.24) is 5.32 Å². The van der Waals surface area contributed by atoms with Crippen LogP contribution in [0.1, 0.15) is 12.0 Å². The summed E-state index contributed by atoms with van der Waals surface area (Å²) >= 11 is 5.86. The topological polar surface area (TPSA) is 76.7 Å². The lowest BCUT2D eigenvalue weighted by atomic mass is 9.79. The summed E-state index contributed by atoms with van der Waals surface area (Å²) < 4.78 is 24.7. The molecule has 1 fully saturated rings. The second-order valence-electron chi connectivity index (χ2n) is 5.35. The zero-order valence-electron chi connectivity index (χ0n) is 11.7. The Bertz CT molecular complexity index is 654. The lowest BCUT2D eigenvalue weighted by Crippen LogP contribution is -2.54. The van der Waals surface area contributed by atoms with Gasteiger partial charge < -0.3 is 14.8 Å². The Morgan fingerprint density at radius 2 is 2.32 bits per heavy atom. The van der Waals surface area contributed by atoms with E-state index in [9.17, 15) is 14.0 Å². The van der Waals surface area contributed by atoms with E-state index in [1.165, 1.54) is 19.2 Å². The van der Waals surface area contributed by atoms with Crippen LogP contribution in [0.3, 0.4) is 0 Å². The van der Waals surface area contributed by atoms with E-state index in [1.807, 2.05) is 0 Å². The number of fused-ring (bicyclic) bond motifs is 2. The number of rotatable bonds is 1. The molecule has 0 bridgehead atoms. The van der Waals surface area contributed by atoms with Gasteiger partial charge in [0, 0.05) is 19.5 Å². The lowest BCUT2D eigenvalue weighted by Gasteiger charge is -2.43. The van der Waals surface area contributed by atoms with Crippen LogP contribution in [-0.4, -0.2) is 32.3 Å². The highest BCUT2D eigenvalue weighted by molar-refractivity contribution is 6.31. The zero-order valence-corrected chi connectivity index (χ0v) is 12.5. The summed E-state index contributed by atoms with van der Waals surface area (Å²) in [6.07, 6.45) is -0.564. The number of anilines is 1. The average Bonchev–Trinajstić information content (AvgIpc) is 2.49. The second-order valence-corrected chi connectivity index (χ2v) is 5.76. The molecule has 22 heavy (non-hydrogen) atoms. The number of hydrogen-bond acceptors (Lipinski definition) is 5. The number of hydrogen-bond donors (Lipinski definition) is 2. The fourth-order valence-corrected chi connectivity index (χ4v) is 3.21. The molecule has 0 aliphatic carbocycles. The number of esters is 1. The molecule has 2 atom stereocenters. The number of amides is 1. The number of carbonyl (C=O) groups is 2. The molecule has 1 saturated heterocycles. The summed E-state index contributed by atoms with van der Waals surface area (Å²) in [5.74, 6) is -1.65. The minimum absolute atomic E-state index is 0.0712. The number of piperidine rings is 1. The Balaban J connectivity index is 2.09. The third kappa shape index (κ3) is 2.30. The molecule has 1 amide bonds. The minimum atomic E-state index is -1.29. The normalized spacial score (nSPS) is 26.9. The van der Waals surface area contributed by atoms with Crippen LogP contribution < -0.4 is 10.6 Å². The molecular weight excluding hydrogens is 315 g/mol. The number of benzene rings is 1. The second kappa shape index (κ2) is 5.40. The van der Waals surface area contributed by atoms with E-state index >= 15 is 0 Å². The van der Waals surface area contributed by atoms with Crippen molar-refractivity contribution in [2.45, 2.75) is 12.0 Å². The Labute approximate surface area is 130 Å². The van der Waals surface area contributed by atoms with Gasteiger partial charge in [0.1, 0.15) is 0 Å². The van der Waals surface area contributed by atoms with E-state index in [0.717, 1.165) is 0 Å². The van der Waals surface area contributed by atoms with Crippen LogP contribution in [0.25, 0.3) is 0 Å². The van der Waals surface area contributed by atoms with Crippen molar-refractivity contribution in [3.8, 4) is 0 Å². The highest BCUT2D eigenvalue weighted by Crippen LogP contribution is 2.44. The van der Waals surface area contributed by atoms with Crippen molar-refractivity contribution in [2.75, 3.05) is 25.5 Å². The fraction of sp³-hybridized carbons (Fsp3) is 0.429. The van der Waals surface area contributed by atoms with Crippen LogP contribution in [0, 0.1) is 11.7 Å². The monoisotopic (exact) mass is 328 g/mol. The molecule has 2 aliphatic rings. The summed E-state index contributed by atoms with van der Waals surface area (Å²) in [5.41, 5.74) is -0.838. The summed E-state index contributed by atoms with van der Waals surface area (Å²) in [4.78, 5) is 23.6. The Hall–Kier alpha value is -1.86. The number of nitrogens with one attached hydrogen (secondary N) is 2. The minimum Gasteiger partial charge on any atom is -0.469 e. The SMILES string of the molecule is COC(=O)[C@@H]1CNC[C@]2(C1)OC(=O)Nc1ccc(Cl)c(F)c12. The predicted octanol–water partition coefficient (Wildman–Crippen LogP) is 2.02. The van der Waals surface area contributed by atoms with Crippen molar-refractivity contribution in [1.29, 1.82) is 0 Å². The fourth-order valence-electron chi connectivity index (χ4n) is 3.06. The predicted molar refractivity (Wildman–Crippen MR) is 76.2 cm³/mol. The van der Waals surface area contributed by atoms with Gasteiger partial charge in [0.2, 0.25) is 0 Å². The highest BCUT2D eigenvalue weighted by atomic mass is 35.5. The lowest BCUT2D eigenvalue weighted by molar-refractivity contribution is -0.149. The molecule has 0 unspecified atom stereocenters. The van der Waals surface area contributed by atoms with Gasteiger partial charge in [0.15, 0.2) is 11.4 Å². The number of halogens is 2. The van der Waals surface area contributed by atoms with Crippen LogP contribution in [0.2, 0.25) is 5.02 Å². The van der Waals surface area contributed by atoms with Gasteiger partial charge in [-0.05, 0) is 12.1 Å². The first-order chi connectivity index (χ1) is 10.5. The standard InChI is InChI=1S/C14H14ClFN2O4/c1-21-12(19)7-4-14(6-17-5-7)10-9(18-13(20)22-14)3-2-8(15)11(10)16/h2-3,7,17H,4-6H2,1H3,(H,18,20)/t7-,14-/m0/s1. The van der Waals surface area contributed by atoms with E-state index in [4.69, 9.17) is 21.1 Å². The first-order valence-electron chi connectivity index (χ1n) is 6.74. The highest BCUT2D eigenvalue weighted by Gasteiger charge is 2.49. The van der Waals surface area contributed by atoms with Crippen LogP contribution in [0.4, 0.5) is 14.9 Å². The molecule has 0 saturated carbocycles. The zero-order chi connectivity index (χ0) is 15.9.